The summed E-state index contributed by atoms with van der Waals surface area (Å²) < 4.78 is 2.74. The topological polar surface area (TPSA) is 106 Å². The van der Waals surface area contributed by atoms with E-state index in [2.05, 4.69) is 10.4 Å². The van der Waals surface area contributed by atoms with Crippen LogP contribution in [0.15, 0.2) is 29.2 Å². The van der Waals surface area contributed by atoms with Gasteiger partial charge in [-0.25, -0.2) is 9.48 Å². The van der Waals surface area contributed by atoms with Crippen LogP contribution in [-0.2, 0) is 16.1 Å². The predicted molar refractivity (Wildman–Crippen MR) is 104 cm³/mol. The molecule has 0 aromatic carbocycles. The third-order valence-electron chi connectivity index (χ3n) is 5.45. The summed E-state index contributed by atoms with van der Waals surface area (Å²) in [4.78, 5) is 35.7. The molecule has 3 rings (SSSR count). The molecule has 2 aromatic rings. The van der Waals surface area contributed by atoms with E-state index in [-0.39, 0.29) is 37.0 Å². The van der Waals surface area contributed by atoms with Crippen molar-refractivity contribution in [3.63, 3.8) is 0 Å². The molecule has 1 aliphatic carbocycles. The van der Waals surface area contributed by atoms with Crippen molar-refractivity contribution in [2.24, 2.45) is 5.92 Å². The Balaban J connectivity index is 1.56. The highest BCUT2D eigenvalue weighted by Crippen LogP contribution is 2.28. The highest BCUT2D eigenvalue weighted by molar-refractivity contribution is 5.76. The van der Waals surface area contributed by atoms with Crippen molar-refractivity contribution < 1.29 is 14.7 Å². The number of aromatic nitrogens is 3. The van der Waals surface area contributed by atoms with Gasteiger partial charge in [0.15, 0.2) is 5.65 Å². The molecule has 1 amide bonds. The Kier molecular flexibility index (Phi) is 6.84. The molecule has 0 bridgehead atoms. The fourth-order valence-corrected chi connectivity index (χ4v) is 3.99. The van der Waals surface area contributed by atoms with Crippen LogP contribution in [0.3, 0.4) is 0 Å². The molecule has 1 fully saturated rings. The molecule has 152 valence electrons. The second kappa shape index (κ2) is 9.52. The van der Waals surface area contributed by atoms with Gasteiger partial charge in [-0.2, -0.15) is 0 Å². The van der Waals surface area contributed by atoms with Gasteiger partial charge in [0, 0.05) is 25.1 Å². The fourth-order valence-electron chi connectivity index (χ4n) is 3.99. The summed E-state index contributed by atoms with van der Waals surface area (Å²) in [6.45, 7) is 0.196. The Morgan fingerprint density at radius 3 is 2.71 bits per heavy atom. The monoisotopic (exact) mass is 388 g/mol. The molecular formula is C20H28N4O4. The van der Waals surface area contributed by atoms with Crippen molar-refractivity contribution in [1.82, 2.24) is 19.5 Å². The van der Waals surface area contributed by atoms with Crippen LogP contribution in [0.5, 0.6) is 0 Å². The molecule has 2 aromatic heterocycles. The Morgan fingerprint density at radius 2 is 2.00 bits per heavy atom. The second-order valence-corrected chi connectivity index (χ2v) is 7.62. The van der Waals surface area contributed by atoms with E-state index in [4.69, 9.17) is 5.11 Å². The number of carboxylic acid groups (broad SMARTS) is 1. The number of pyridine rings is 1. The second-order valence-electron chi connectivity index (χ2n) is 7.62. The quantitative estimate of drug-likeness (QED) is 0.685. The van der Waals surface area contributed by atoms with Gasteiger partial charge in [0.25, 0.3) is 0 Å². The summed E-state index contributed by atoms with van der Waals surface area (Å²) in [6, 6.07) is 5.16. The smallest absolute Gasteiger partial charge is 0.350 e. The number of aryl methyl sites for hydroxylation is 1. The number of amides is 1. The minimum atomic E-state index is -0.848. The molecule has 2 N–H and O–H groups in total. The lowest BCUT2D eigenvalue weighted by atomic mass is 9.84. The van der Waals surface area contributed by atoms with E-state index >= 15 is 0 Å². The van der Waals surface area contributed by atoms with Crippen molar-refractivity contribution in [1.29, 1.82) is 0 Å². The maximum Gasteiger partial charge on any atom is 0.350 e. The highest BCUT2D eigenvalue weighted by atomic mass is 16.4. The van der Waals surface area contributed by atoms with E-state index in [0.29, 0.717) is 18.0 Å². The number of hydrogen-bond acceptors (Lipinski definition) is 4. The molecule has 1 unspecified atom stereocenters. The Hall–Kier alpha value is -2.64. The van der Waals surface area contributed by atoms with Gasteiger partial charge in [0.2, 0.25) is 5.91 Å². The molecular weight excluding hydrogens is 360 g/mol. The van der Waals surface area contributed by atoms with Gasteiger partial charge in [-0.3, -0.25) is 14.0 Å². The third kappa shape index (κ3) is 5.43. The summed E-state index contributed by atoms with van der Waals surface area (Å²) in [5.41, 5.74) is 0.276. The molecule has 0 saturated heterocycles. The summed E-state index contributed by atoms with van der Waals surface area (Å²) in [7, 11) is 0. The number of rotatable bonds is 9. The van der Waals surface area contributed by atoms with Gasteiger partial charge < -0.3 is 10.4 Å². The van der Waals surface area contributed by atoms with E-state index < -0.39 is 5.97 Å². The van der Waals surface area contributed by atoms with E-state index in [1.807, 2.05) is 0 Å². The van der Waals surface area contributed by atoms with Crippen LogP contribution in [0.25, 0.3) is 5.65 Å². The van der Waals surface area contributed by atoms with Crippen LogP contribution in [0.2, 0.25) is 0 Å². The SMILES string of the molecule is O=C(O)CCC(CC1CCCCC1)NC(=O)CCn1nc2ccccn2c1=O. The molecule has 28 heavy (non-hydrogen) atoms. The van der Waals surface area contributed by atoms with Crippen LogP contribution in [0.1, 0.15) is 57.8 Å². The average molecular weight is 388 g/mol. The van der Waals surface area contributed by atoms with Crippen molar-refractivity contribution in [3.05, 3.63) is 34.9 Å². The standard InChI is InChI=1S/C20H28N4O4/c25-18(11-13-24-20(28)23-12-5-4-8-17(23)22-24)21-16(9-10-19(26)27)14-15-6-2-1-3-7-15/h4-5,8,12,15-16H,1-3,6-7,9-11,13-14H2,(H,21,25)(H,26,27). The van der Waals surface area contributed by atoms with E-state index in [1.165, 1.54) is 28.3 Å². The average Bonchev–Trinajstić information content (AvgIpc) is 3.01. The molecule has 0 radical (unpaired) electrons. The predicted octanol–water partition coefficient (Wildman–Crippen LogP) is 2.21. The van der Waals surface area contributed by atoms with E-state index in [0.717, 1.165) is 19.3 Å². The van der Waals surface area contributed by atoms with E-state index in [1.54, 1.807) is 24.4 Å². The van der Waals surface area contributed by atoms with Gasteiger partial charge in [-0.05, 0) is 30.9 Å². The summed E-state index contributed by atoms with van der Waals surface area (Å²) in [5.74, 6) is -0.469. The zero-order valence-corrected chi connectivity index (χ0v) is 16.0. The zero-order chi connectivity index (χ0) is 19.9. The van der Waals surface area contributed by atoms with Gasteiger partial charge in [0.05, 0.1) is 6.54 Å². The normalized spacial score (nSPS) is 16.1. The van der Waals surface area contributed by atoms with Gasteiger partial charge in [-0.15, -0.1) is 5.10 Å². The molecule has 1 aliphatic rings. The summed E-state index contributed by atoms with van der Waals surface area (Å²) in [5, 5.41) is 16.2. The van der Waals surface area contributed by atoms with E-state index in [9.17, 15) is 14.4 Å². The maximum atomic E-state index is 12.4. The number of carboxylic acids is 1. The number of carbonyl (C=O) groups excluding carboxylic acids is 1. The maximum absolute atomic E-state index is 12.4. The van der Waals surface area contributed by atoms with Crippen molar-refractivity contribution in [2.75, 3.05) is 0 Å². The largest absolute Gasteiger partial charge is 0.481 e. The lowest BCUT2D eigenvalue weighted by molar-refractivity contribution is -0.137. The van der Waals surface area contributed by atoms with Crippen LogP contribution in [0, 0.1) is 5.92 Å². The molecule has 2 heterocycles. The zero-order valence-electron chi connectivity index (χ0n) is 16.0. The lowest BCUT2D eigenvalue weighted by Gasteiger charge is -2.27. The molecule has 8 heteroatoms. The minimum absolute atomic E-state index is 0.0452. The lowest BCUT2D eigenvalue weighted by Crippen LogP contribution is -2.38. The number of fused-ring (bicyclic) bond motifs is 1. The van der Waals surface area contributed by atoms with Crippen LogP contribution >= 0.6 is 0 Å². The Labute approximate surface area is 163 Å². The van der Waals surface area contributed by atoms with Crippen LogP contribution in [0.4, 0.5) is 0 Å². The summed E-state index contributed by atoms with van der Waals surface area (Å²) >= 11 is 0. The molecule has 8 nitrogen and oxygen atoms in total. The highest BCUT2D eigenvalue weighted by Gasteiger charge is 2.21. The third-order valence-corrected chi connectivity index (χ3v) is 5.45. The Morgan fingerprint density at radius 1 is 1.21 bits per heavy atom. The molecule has 1 saturated carbocycles. The minimum Gasteiger partial charge on any atom is -0.481 e. The summed E-state index contributed by atoms with van der Waals surface area (Å²) in [6.07, 6.45) is 9.07. The first kappa shape index (κ1) is 20.1. The number of hydrogen-bond donors (Lipinski definition) is 2. The first-order chi connectivity index (χ1) is 13.5. The van der Waals surface area contributed by atoms with Gasteiger partial charge in [0.1, 0.15) is 0 Å². The number of nitrogens with zero attached hydrogens (tertiary/aromatic N) is 3. The molecule has 0 spiro atoms. The fraction of sp³-hybridized carbons (Fsp3) is 0.600. The first-order valence-electron chi connectivity index (χ1n) is 10.1. The first-order valence-corrected chi connectivity index (χ1v) is 10.1. The number of carbonyl (C=O) groups is 2. The van der Waals surface area contributed by atoms with Gasteiger partial charge >= 0.3 is 11.7 Å². The molecule has 0 aliphatic heterocycles. The van der Waals surface area contributed by atoms with Crippen molar-refractivity contribution in [2.45, 2.75) is 70.4 Å². The number of nitrogens with one attached hydrogen (secondary N) is 1. The molecule has 1 atom stereocenters. The van der Waals surface area contributed by atoms with Crippen molar-refractivity contribution in [3.8, 4) is 0 Å². The van der Waals surface area contributed by atoms with Gasteiger partial charge in [-0.1, -0.05) is 38.2 Å². The van der Waals surface area contributed by atoms with Crippen molar-refractivity contribution >= 4 is 17.5 Å². The number of aliphatic carboxylic acids is 1. The van der Waals surface area contributed by atoms with Crippen LogP contribution < -0.4 is 11.0 Å². The van der Waals surface area contributed by atoms with Crippen LogP contribution in [-0.4, -0.2) is 37.2 Å². The Bertz CT molecular complexity index is 866.